The molecule has 4 aromatic rings. The molecule has 0 aliphatic carbocycles. The zero-order chi connectivity index (χ0) is 28.4. The van der Waals surface area contributed by atoms with Crippen LogP contribution in [0.2, 0.25) is 5.02 Å². The normalized spacial score (nSPS) is 14.6. The van der Waals surface area contributed by atoms with Crippen molar-refractivity contribution in [3.05, 3.63) is 103 Å². The molecule has 1 aliphatic heterocycles. The van der Waals surface area contributed by atoms with Gasteiger partial charge in [-0.15, -0.1) is 0 Å². The number of hydrogen-bond donors (Lipinski definition) is 0. The quantitative estimate of drug-likeness (QED) is 0.186. The van der Waals surface area contributed by atoms with E-state index in [2.05, 4.69) is 6.92 Å². The fourth-order valence-electron chi connectivity index (χ4n) is 5.16. The topological polar surface area (TPSA) is 69.0 Å². The maximum atomic E-state index is 14.0. The number of rotatable bonds is 10. The number of halogens is 1. The van der Waals surface area contributed by atoms with Crippen LogP contribution in [0, 0.1) is 13.8 Å². The number of amides is 1. The number of nitrogens with zero attached hydrogens (tertiary/aromatic N) is 1. The standard InChI is InChI=1S/C33H34ClNO5/c1-5-7-8-15-39-26-14-13-23(17-28(26)38-6-2)30-29-31(36)24-18-25(34)21(4)16-27(24)40-32(29)33(37)35(30)19-22-11-9-20(3)10-12-22/h9-14,16-18,30H,5-8,15,19H2,1-4H3. The molecule has 0 spiro atoms. The number of ether oxygens (including phenoxy) is 2. The second kappa shape index (κ2) is 11.8. The summed E-state index contributed by atoms with van der Waals surface area (Å²) in [5, 5.41) is 0.825. The molecule has 208 valence electrons. The maximum absolute atomic E-state index is 14.0. The summed E-state index contributed by atoms with van der Waals surface area (Å²) >= 11 is 6.39. The molecule has 1 atom stereocenters. The molecule has 5 rings (SSSR count). The Balaban J connectivity index is 1.64. The minimum Gasteiger partial charge on any atom is -0.490 e. The zero-order valence-corrected chi connectivity index (χ0v) is 24.1. The summed E-state index contributed by atoms with van der Waals surface area (Å²) in [6.07, 6.45) is 3.15. The molecule has 0 N–H and O–H groups in total. The molecule has 3 aromatic carbocycles. The van der Waals surface area contributed by atoms with E-state index in [9.17, 15) is 9.59 Å². The molecule has 0 fully saturated rings. The van der Waals surface area contributed by atoms with E-state index in [0.29, 0.717) is 52.8 Å². The van der Waals surface area contributed by atoms with Crippen molar-refractivity contribution in [3.8, 4) is 11.5 Å². The van der Waals surface area contributed by atoms with E-state index in [1.807, 2.05) is 63.2 Å². The number of unbranched alkanes of at least 4 members (excludes halogenated alkanes) is 2. The molecule has 1 unspecified atom stereocenters. The fourth-order valence-corrected chi connectivity index (χ4v) is 5.32. The van der Waals surface area contributed by atoms with Crippen LogP contribution in [0.25, 0.3) is 11.0 Å². The predicted octanol–water partition coefficient (Wildman–Crippen LogP) is 7.78. The van der Waals surface area contributed by atoms with Gasteiger partial charge in [0.05, 0.1) is 30.2 Å². The van der Waals surface area contributed by atoms with Gasteiger partial charge in [-0.25, -0.2) is 0 Å². The Morgan fingerprint density at radius 1 is 0.925 bits per heavy atom. The Morgan fingerprint density at radius 3 is 2.42 bits per heavy atom. The van der Waals surface area contributed by atoms with E-state index in [1.165, 1.54) is 0 Å². The fraction of sp³-hybridized carbons (Fsp3) is 0.333. The summed E-state index contributed by atoms with van der Waals surface area (Å²) in [5.74, 6) is 0.958. The Morgan fingerprint density at radius 2 is 1.70 bits per heavy atom. The van der Waals surface area contributed by atoms with Crippen molar-refractivity contribution in [1.82, 2.24) is 4.90 Å². The van der Waals surface area contributed by atoms with E-state index in [4.69, 9.17) is 25.5 Å². The molecule has 0 bridgehead atoms. The van der Waals surface area contributed by atoms with Crippen molar-refractivity contribution in [1.29, 1.82) is 0 Å². The molecule has 2 heterocycles. The second-order valence-electron chi connectivity index (χ2n) is 10.3. The summed E-state index contributed by atoms with van der Waals surface area (Å²) < 4.78 is 18.1. The Labute approximate surface area is 239 Å². The molecule has 0 radical (unpaired) electrons. The van der Waals surface area contributed by atoms with Crippen molar-refractivity contribution in [2.45, 2.75) is 59.5 Å². The van der Waals surface area contributed by atoms with Crippen LogP contribution >= 0.6 is 11.6 Å². The number of carbonyl (C=O) groups excluding carboxylic acids is 1. The van der Waals surface area contributed by atoms with Gasteiger partial charge >= 0.3 is 0 Å². The third-order valence-corrected chi connectivity index (χ3v) is 7.72. The summed E-state index contributed by atoms with van der Waals surface area (Å²) in [7, 11) is 0. The van der Waals surface area contributed by atoms with E-state index in [1.54, 1.807) is 17.0 Å². The second-order valence-corrected chi connectivity index (χ2v) is 10.7. The van der Waals surface area contributed by atoms with Crippen LogP contribution in [0.5, 0.6) is 11.5 Å². The van der Waals surface area contributed by atoms with Gasteiger partial charge in [-0.3, -0.25) is 9.59 Å². The van der Waals surface area contributed by atoms with Gasteiger partial charge < -0.3 is 18.8 Å². The van der Waals surface area contributed by atoms with Crippen LogP contribution in [0.15, 0.2) is 63.8 Å². The van der Waals surface area contributed by atoms with E-state index in [0.717, 1.165) is 41.5 Å². The van der Waals surface area contributed by atoms with E-state index < -0.39 is 6.04 Å². The minimum atomic E-state index is -0.669. The third kappa shape index (κ3) is 5.33. The Kier molecular flexibility index (Phi) is 8.17. The molecule has 7 heteroatoms. The number of benzene rings is 3. The lowest BCUT2D eigenvalue weighted by atomic mass is 9.97. The van der Waals surface area contributed by atoms with Crippen LogP contribution in [-0.2, 0) is 6.54 Å². The van der Waals surface area contributed by atoms with Crippen molar-refractivity contribution < 1.29 is 18.7 Å². The summed E-state index contributed by atoms with van der Waals surface area (Å²) in [6.45, 7) is 9.27. The lowest BCUT2D eigenvalue weighted by Gasteiger charge is -2.26. The maximum Gasteiger partial charge on any atom is 0.291 e. The number of fused-ring (bicyclic) bond motifs is 2. The van der Waals surface area contributed by atoms with Crippen LogP contribution in [0.4, 0.5) is 0 Å². The molecule has 0 saturated carbocycles. The monoisotopic (exact) mass is 559 g/mol. The van der Waals surface area contributed by atoms with E-state index >= 15 is 0 Å². The summed E-state index contributed by atoms with van der Waals surface area (Å²) in [5.41, 5.74) is 3.99. The molecular weight excluding hydrogens is 526 g/mol. The summed E-state index contributed by atoms with van der Waals surface area (Å²) in [6, 6.07) is 16.3. The highest BCUT2D eigenvalue weighted by molar-refractivity contribution is 6.32. The average Bonchev–Trinajstić information content (AvgIpc) is 3.21. The lowest BCUT2D eigenvalue weighted by molar-refractivity contribution is 0.0714. The van der Waals surface area contributed by atoms with Gasteiger partial charge in [-0.1, -0.05) is 67.3 Å². The SMILES string of the molecule is CCCCCOc1ccc(C2c3c(oc4cc(C)c(Cl)cc4c3=O)C(=O)N2Cc2ccc(C)cc2)cc1OCC. The molecule has 6 nitrogen and oxygen atoms in total. The van der Waals surface area contributed by atoms with Gasteiger partial charge in [0.15, 0.2) is 16.9 Å². The van der Waals surface area contributed by atoms with Crippen molar-refractivity contribution in [2.24, 2.45) is 0 Å². The molecule has 1 amide bonds. The highest BCUT2D eigenvalue weighted by Crippen LogP contribution is 2.42. The summed E-state index contributed by atoms with van der Waals surface area (Å²) in [4.78, 5) is 29.6. The molecule has 0 saturated heterocycles. The first-order chi connectivity index (χ1) is 19.3. The van der Waals surface area contributed by atoms with E-state index in [-0.39, 0.29) is 17.1 Å². The molecule has 1 aliphatic rings. The van der Waals surface area contributed by atoms with Crippen molar-refractivity contribution >= 4 is 28.5 Å². The first-order valence-corrected chi connectivity index (χ1v) is 14.2. The first-order valence-electron chi connectivity index (χ1n) is 13.8. The molecule has 40 heavy (non-hydrogen) atoms. The van der Waals surface area contributed by atoms with Gasteiger partial charge in [0.2, 0.25) is 5.76 Å². The molecular formula is C33H34ClNO5. The van der Waals surface area contributed by atoms with Crippen LogP contribution in [-0.4, -0.2) is 24.0 Å². The first kappa shape index (κ1) is 27.8. The van der Waals surface area contributed by atoms with Gasteiger partial charge in [0.25, 0.3) is 5.91 Å². The van der Waals surface area contributed by atoms with Gasteiger partial charge in [0.1, 0.15) is 5.58 Å². The minimum absolute atomic E-state index is 0.0641. The Hall–Kier alpha value is -3.77. The average molecular weight is 560 g/mol. The van der Waals surface area contributed by atoms with Crippen molar-refractivity contribution in [2.75, 3.05) is 13.2 Å². The van der Waals surface area contributed by atoms with Crippen LogP contribution < -0.4 is 14.9 Å². The largest absolute Gasteiger partial charge is 0.490 e. The van der Waals surface area contributed by atoms with Crippen LogP contribution in [0.1, 0.15) is 77.5 Å². The van der Waals surface area contributed by atoms with Gasteiger partial charge in [-0.05, 0) is 68.1 Å². The van der Waals surface area contributed by atoms with Gasteiger partial charge in [-0.2, -0.15) is 0 Å². The number of aryl methyl sites for hydroxylation is 2. The lowest BCUT2D eigenvalue weighted by Crippen LogP contribution is -2.29. The zero-order valence-electron chi connectivity index (χ0n) is 23.4. The highest BCUT2D eigenvalue weighted by atomic mass is 35.5. The number of hydrogen-bond acceptors (Lipinski definition) is 5. The van der Waals surface area contributed by atoms with Gasteiger partial charge in [0, 0.05) is 11.6 Å². The highest BCUT2D eigenvalue weighted by Gasteiger charge is 2.43. The smallest absolute Gasteiger partial charge is 0.291 e. The predicted molar refractivity (Wildman–Crippen MR) is 158 cm³/mol. The van der Waals surface area contributed by atoms with Crippen LogP contribution in [0.3, 0.4) is 0 Å². The molecule has 1 aromatic heterocycles. The number of carbonyl (C=O) groups is 1. The van der Waals surface area contributed by atoms with Crippen molar-refractivity contribution in [3.63, 3.8) is 0 Å². The Bertz CT molecular complexity index is 1610. The third-order valence-electron chi connectivity index (χ3n) is 7.31.